The van der Waals surface area contributed by atoms with E-state index in [0.29, 0.717) is 17.7 Å². The van der Waals surface area contributed by atoms with Gasteiger partial charge in [-0.25, -0.2) is 4.99 Å². The van der Waals surface area contributed by atoms with E-state index in [9.17, 15) is 9.59 Å². The van der Waals surface area contributed by atoms with Crippen molar-refractivity contribution in [3.05, 3.63) is 89.5 Å². The normalized spacial score (nSPS) is 12.8. The lowest BCUT2D eigenvalue weighted by molar-refractivity contribution is -0.113. The monoisotopic (exact) mass is 441 g/mol. The molecule has 1 N–H and O–H groups in total. The van der Waals surface area contributed by atoms with Crippen molar-refractivity contribution < 1.29 is 9.59 Å². The standard InChI is InChI=1S/C26H23N3O2S/c1-17-10-12-19(13-11-17)24-15-26(29-23-9-4-3-8-22(23)28-24)32-16-25(31)27-21-7-5-6-20(14-21)18(2)30/h3-14H,15-16H2,1-2H3,(H,27,31). The number of carbonyl (C=O) groups is 2. The number of benzene rings is 3. The number of para-hydroxylation sites is 2. The molecule has 0 fully saturated rings. The van der Waals surface area contributed by atoms with Crippen molar-refractivity contribution in [2.75, 3.05) is 11.1 Å². The number of anilines is 1. The maximum atomic E-state index is 12.6. The predicted octanol–water partition coefficient (Wildman–Crippen LogP) is 6.12. The molecular formula is C26H23N3O2S. The van der Waals surface area contributed by atoms with Gasteiger partial charge >= 0.3 is 0 Å². The fourth-order valence-electron chi connectivity index (χ4n) is 3.31. The van der Waals surface area contributed by atoms with Gasteiger partial charge in [-0.2, -0.15) is 0 Å². The highest BCUT2D eigenvalue weighted by molar-refractivity contribution is 8.14. The van der Waals surface area contributed by atoms with Crippen LogP contribution in [0.15, 0.2) is 82.8 Å². The first kappa shape index (κ1) is 21.7. The van der Waals surface area contributed by atoms with Gasteiger partial charge in [0.1, 0.15) is 0 Å². The number of fused-ring (bicyclic) bond motifs is 1. The van der Waals surface area contributed by atoms with Crippen molar-refractivity contribution in [2.24, 2.45) is 9.98 Å². The molecule has 3 aromatic carbocycles. The molecule has 0 bridgehead atoms. The van der Waals surface area contributed by atoms with Crippen molar-refractivity contribution >= 4 is 51.3 Å². The molecule has 0 atom stereocenters. The van der Waals surface area contributed by atoms with Crippen molar-refractivity contribution in [3.8, 4) is 0 Å². The van der Waals surface area contributed by atoms with E-state index in [1.807, 2.05) is 24.3 Å². The zero-order chi connectivity index (χ0) is 22.5. The van der Waals surface area contributed by atoms with Gasteiger partial charge in [0.15, 0.2) is 5.78 Å². The zero-order valence-corrected chi connectivity index (χ0v) is 18.8. The lowest BCUT2D eigenvalue weighted by Crippen LogP contribution is -2.16. The average Bonchev–Trinajstić information content (AvgIpc) is 2.97. The number of aliphatic imine (C=N–C) groups is 2. The molecule has 1 aliphatic heterocycles. The van der Waals surface area contributed by atoms with Crippen LogP contribution in [0.5, 0.6) is 0 Å². The van der Waals surface area contributed by atoms with Gasteiger partial charge < -0.3 is 5.32 Å². The minimum atomic E-state index is -0.148. The molecule has 3 aromatic rings. The number of carbonyl (C=O) groups excluding carboxylic acids is 2. The molecule has 0 saturated carbocycles. The van der Waals surface area contributed by atoms with Crippen LogP contribution in [0.1, 0.15) is 34.8 Å². The molecule has 0 unspecified atom stereocenters. The molecule has 1 aliphatic rings. The SMILES string of the molecule is CC(=O)c1cccc(NC(=O)CSC2=Nc3ccccc3N=C(c3ccc(C)cc3)C2)c1. The van der Waals surface area contributed by atoms with Crippen molar-refractivity contribution in [2.45, 2.75) is 20.3 Å². The maximum absolute atomic E-state index is 12.6. The van der Waals surface area contributed by atoms with Gasteiger partial charge in [-0.05, 0) is 43.7 Å². The van der Waals surface area contributed by atoms with E-state index in [4.69, 9.17) is 9.98 Å². The largest absolute Gasteiger partial charge is 0.325 e. The van der Waals surface area contributed by atoms with E-state index < -0.39 is 0 Å². The topological polar surface area (TPSA) is 70.9 Å². The number of aryl methyl sites for hydroxylation is 1. The number of hydrogen-bond donors (Lipinski definition) is 1. The molecule has 160 valence electrons. The lowest BCUT2D eigenvalue weighted by atomic mass is 10.1. The van der Waals surface area contributed by atoms with Gasteiger partial charge in [-0.1, -0.05) is 54.1 Å². The van der Waals surface area contributed by atoms with Gasteiger partial charge in [0, 0.05) is 17.7 Å². The third-order valence-electron chi connectivity index (χ3n) is 5.01. The van der Waals surface area contributed by atoms with E-state index in [-0.39, 0.29) is 17.4 Å². The molecule has 0 aromatic heterocycles. The van der Waals surface area contributed by atoms with Gasteiger partial charge in [0.05, 0.1) is 27.9 Å². The van der Waals surface area contributed by atoms with Crippen LogP contribution >= 0.6 is 11.8 Å². The Hall–Kier alpha value is -3.51. The Labute approximate surface area is 191 Å². The van der Waals surface area contributed by atoms with Gasteiger partial charge in [-0.15, -0.1) is 11.8 Å². The summed E-state index contributed by atoms with van der Waals surface area (Å²) in [7, 11) is 0. The molecule has 0 aliphatic carbocycles. The summed E-state index contributed by atoms with van der Waals surface area (Å²) in [6, 6.07) is 23.0. The summed E-state index contributed by atoms with van der Waals surface area (Å²) >= 11 is 1.40. The highest BCUT2D eigenvalue weighted by Crippen LogP contribution is 2.33. The molecule has 4 rings (SSSR count). The second-order valence-corrected chi connectivity index (χ2v) is 8.62. The number of nitrogens with one attached hydrogen (secondary N) is 1. The Morgan fingerprint density at radius 3 is 2.38 bits per heavy atom. The summed E-state index contributed by atoms with van der Waals surface area (Å²) in [6.45, 7) is 3.56. The molecule has 5 nitrogen and oxygen atoms in total. The van der Waals surface area contributed by atoms with Gasteiger partial charge in [0.2, 0.25) is 5.91 Å². The Bertz CT molecular complexity index is 1230. The van der Waals surface area contributed by atoms with Crippen molar-refractivity contribution in [3.63, 3.8) is 0 Å². The molecule has 1 amide bonds. The first-order valence-electron chi connectivity index (χ1n) is 10.3. The van der Waals surface area contributed by atoms with Crippen molar-refractivity contribution in [1.82, 2.24) is 0 Å². The molecule has 32 heavy (non-hydrogen) atoms. The minimum Gasteiger partial charge on any atom is -0.325 e. The third kappa shape index (κ3) is 5.39. The first-order valence-corrected chi connectivity index (χ1v) is 11.3. The summed E-state index contributed by atoms with van der Waals surface area (Å²) in [5.74, 6) is 0.0292. The zero-order valence-electron chi connectivity index (χ0n) is 18.0. The molecule has 0 saturated heterocycles. The summed E-state index contributed by atoms with van der Waals surface area (Å²) in [5.41, 5.74) is 5.97. The summed E-state index contributed by atoms with van der Waals surface area (Å²) in [4.78, 5) is 33.8. The van der Waals surface area contributed by atoms with Crippen LogP contribution in [-0.4, -0.2) is 28.2 Å². The minimum absolute atomic E-state index is 0.0372. The first-order chi connectivity index (χ1) is 15.5. The quantitative estimate of drug-likeness (QED) is 0.485. The second kappa shape index (κ2) is 9.75. The highest BCUT2D eigenvalue weighted by Gasteiger charge is 2.17. The maximum Gasteiger partial charge on any atom is 0.234 e. The number of thioether (sulfide) groups is 1. The van der Waals surface area contributed by atoms with E-state index in [1.54, 1.807) is 24.3 Å². The van der Waals surface area contributed by atoms with E-state index >= 15 is 0 Å². The fraction of sp³-hybridized carbons (Fsp3) is 0.154. The molecule has 1 heterocycles. The summed E-state index contributed by atoms with van der Waals surface area (Å²) < 4.78 is 0. The molecule has 0 radical (unpaired) electrons. The van der Waals surface area contributed by atoms with Crippen LogP contribution in [0, 0.1) is 6.92 Å². The molecule has 6 heteroatoms. The molecular weight excluding hydrogens is 418 g/mol. The highest BCUT2D eigenvalue weighted by atomic mass is 32.2. The number of nitrogens with zero attached hydrogens (tertiary/aromatic N) is 2. The lowest BCUT2D eigenvalue weighted by Gasteiger charge is -2.09. The number of ketones is 1. The Balaban J connectivity index is 1.50. The van der Waals surface area contributed by atoms with Gasteiger partial charge in [0.25, 0.3) is 0 Å². The number of amides is 1. The van der Waals surface area contributed by atoms with Crippen LogP contribution in [0.4, 0.5) is 17.1 Å². The average molecular weight is 442 g/mol. The van der Waals surface area contributed by atoms with Crippen LogP contribution in [0.2, 0.25) is 0 Å². The van der Waals surface area contributed by atoms with Crippen LogP contribution in [0.25, 0.3) is 0 Å². The van der Waals surface area contributed by atoms with Crippen molar-refractivity contribution in [1.29, 1.82) is 0 Å². The van der Waals surface area contributed by atoms with Crippen LogP contribution < -0.4 is 5.32 Å². The summed E-state index contributed by atoms with van der Waals surface area (Å²) in [6.07, 6.45) is 0.551. The molecule has 0 spiro atoms. The number of Topliss-reactive ketones (excluding diaryl/α,β-unsaturated/α-hetero) is 1. The summed E-state index contributed by atoms with van der Waals surface area (Å²) in [5, 5.41) is 3.70. The predicted molar refractivity (Wildman–Crippen MR) is 133 cm³/mol. The Morgan fingerprint density at radius 1 is 0.938 bits per heavy atom. The van der Waals surface area contributed by atoms with E-state index in [0.717, 1.165) is 27.7 Å². The van der Waals surface area contributed by atoms with E-state index in [1.165, 1.54) is 24.2 Å². The van der Waals surface area contributed by atoms with Crippen LogP contribution in [-0.2, 0) is 4.79 Å². The second-order valence-electron chi connectivity index (χ2n) is 7.57. The smallest absolute Gasteiger partial charge is 0.234 e. The van der Waals surface area contributed by atoms with E-state index in [2.05, 4.69) is 36.5 Å². The fourth-order valence-corrected chi connectivity index (χ4v) is 4.08. The van der Waals surface area contributed by atoms with Crippen LogP contribution in [0.3, 0.4) is 0 Å². The van der Waals surface area contributed by atoms with Gasteiger partial charge in [-0.3, -0.25) is 14.6 Å². The Kier molecular flexibility index (Phi) is 6.61. The number of rotatable bonds is 5. The third-order valence-corrected chi connectivity index (χ3v) is 5.98. The number of hydrogen-bond acceptors (Lipinski definition) is 5. The Morgan fingerprint density at radius 2 is 1.66 bits per heavy atom.